The Morgan fingerprint density at radius 2 is 2.07 bits per heavy atom. The highest BCUT2D eigenvalue weighted by atomic mass is 35.5. The Kier molecular flexibility index (Phi) is 6.59. The molecule has 1 heterocycles. The van der Waals surface area contributed by atoms with Gasteiger partial charge in [-0.3, -0.25) is 4.79 Å². The number of hydrogen-bond donors (Lipinski definition) is 0. The van der Waals surface area contributed by atoms with Crippen molar-refractivity contribution in [2.75, 3.05) is 14.2 Å². The predicted octanol–water partition coefficient (Wildman–Crippen LogP) is 4.60. The normalized spacial score (nSPS) is 10.7. The Balaban J connectivity index is 1.75. The van der Waals surface area contributed by atoms with Crippen molar-refractivity contribution in [3.63, 3.8) is 0 Å². The lowest BCUT2D eigenvalue weighted by Gasteiger charge is -2.20. The van der Waals surface area contributed by atoms with E-state index in [2.05, 4.69) is 10.1 Å². The molecule has 0 radical (unpaired) electrons. The lowest BCUT2D eigenvalue weighted by Crippen LogP contribution is -2.27. The summed E-state index contributed by atoms with van der Waals surface area (Å²) in [6, 6.07) is 12.9. The molecule has 6 nitrogen and oxygen atoms in total. The highest BCUT2D eigenvalue weighted by Gasteiger charge is 2.18. The zero-order valence-electron chi connectivity index (χ0n) is 15.8. The van der Waals surface area contributed by atoms with Crippen molar-refractivity contribution < 1.29 is 14.1 Å². The largest absolute Gasteiger partial charge is 0.496 e. The van der Waals surface area contributed by atoms with E-state index in [-0.39, 0.29) is 5.91 Å². The number of amides is 1. The summed E-state index contributed by atoms with van der Waals surface area (Å²) in [5, 5.41) is 4.49. The van der Waals surface area contributed by atoms with Crippen molar-refractivity contribution in [2.24, 2.45) is 0 Å². The predicted molar refractivity (Wildman–Crippen MR) is 109 cm³/mol. The van der Waals surface area contributed by atoms with Crippen molar-refractivity contribution in [3.05, 3.63) is 70.3 Å². The van der Waals surface area contributed by atoms with Crippen LogP contribution in [0.15, 0.2) is 51.9 Å². The molecule has 1 amide bonds. The van der Waals surface area contributed by atoms with Crippen LogP contribution in [-0.4, -0.2) is 35.1 Å². The number of ether oxygens (including phenoxy) is 1. The Hall–Kier alpha value is -2.51. The van der Waals surface area contributed by atoms with Gasteiger partial charge < -0.3 is 14.2 Å². The van der Waals surface area contributed by atoms with E-state index in [0.29, 0.717) is 40.3 Å². The summed E-state index contributed by atoms with van der Waals surface area (Å²) in [4.78, 5) is 19.8. The van der Waals surface area contributed by atoms with E-state index in [9.17, 15) is 4.79 Å². The number of carbonyl (C=O) groups excluding carboxylic acids is 1. The van der Waals surface area contributed by atoms with Crippen LogP contribution >= 0.6 is 23.4 Å². The van der Waals surface area contributed by atoms with Crippen molar-refractivity contribution >= 4 is 29.3 Å². The quantitative estimate of drug-likeness (QED) is 0.523. The number of nitrogens with zero attached hydrogens (tertiary/aromatic N) is 3. The molecule has 0 atom stereocenters. The molecule has 8 heteroatoms. The monoisotopic (exact) mass is 417 g/mol. The fourth-order valence-corrected chi connectivity index (χ4v) is 3.80. The number of benzene rings is 2. The van der Waals surface area contributed by atoms with Gasteiger partial charge in [-0.2, -0.15) is 4.98 Å². The lowest BCUT2D eigenvalue weighted by atomic mass is 10.1. The van der Waals surface area contributed by atoms with Crippen molar-refractivity contribution in [3.8, 4) is 5.75 Å². The van der Waals surface area contributed by atoms with E-state index in [0.717, 1.165) is 10.5 Å². The Labute approximate surface area is 172 Å². The standard InChI is InChI=1S/C20H20ClN3O3S/c1-13-22-19(23-27-13)12-28-18-7-5-4-6-16(18)20(25)24(2)11-14-10-15(21)8-9-17(14)26-3/h4-10H,11-12H2,1-3H3. The van der Waals surface area contributed by atoms with Gasteiger partial charge in [-0.1, -0.05) is 28.9 Å². The summed E-state index contributed by atoms with van der Waals surface area (Å²) in [6.45, 7) is 2.13. The van der Waals surface area contributed by atoms with E-state index < -0.39 is 0 Å². The fourth-order valence-electron chi connectivity index (χ4n) is 2.72. The molecule has 0 N–H and O–H groups in total. The van der Waals surface area contributed by atoms with Crippen LogP contribution in [0.4, 0.5) is 0 Å². The number of hydrogen-bond acceptors (Lipinski definition) is 6. The van der Waals surface area contributed by atoms with Crippen LogP contribution in [0.2, 0.25) is 5.02 Å². The third kappa shape index (κ3) is 4.85. The van der Waals surface area contributed by atoms with E-state index in [1.807, 2.05) is 30.3 Å². The summed E-state index contributed by atoms with van der Waals surface area (Å²) in [7, 11) is 3.35. The van der Waals surface area contributed by atoms with Gasteiger partial charge in [0.05, 0.1) is 18.4 Å². The van der Waals surface area contributed by atoms with Crippen molar-refractivity contribution in [1.82, 2.24) is 15.0 Å². The molecule has 3 aromatic rings. The van der Waals surface area contributed by atoms with E-state index in [4.69, 9.17) is 20.9 Å². The Morgan fingerprint density at radius 3 is 2.79 bits per heavy atom. The second-order valence-electron chi connectivity index (χ2n) is 6.13. The van der Waals surface area contributed by atoms with Gasteiger partial charge in [-0.25, -0.2) is 0 Å². The van der Waals surface area contributed by atoms with Crippen LogP contribution in [0.25, 0.3) is 0 Å². The summed E-state index contributed by atoms with van der Waals surface area (Å²) < 4.78 is 10.4. The zero-order chi connectivity index (χ0) is 20.1. The summed E-state index contributed by atoms with van der Waals surface area (Å²) in [6.07, 6.45) is 0. The van der Waals surface area contributed by atoms with Crippen LogP contribution in [0, 0.1) is 6.92 Å². The smallest absolute Gasteiger partial charge is 0.255 e. The summed E-state index contributed by atoms with van der Waals surface area (Å²) in [5.74, 6) is 2.25. The van der Waals surface area contributed by atoms with Crippen LogP contribution in [0.3, 0.4) is 0 Å². The third-order valence-electron chi connectivity index (χ3n) is 4.04. The van der Waals surface area contributed by atoms with E-state index >= 15 is 0 Å². The lowest BCUT2D eigenvalue weighted by molar-refractivity contribution is 0.0781. The second-order valence-corrected chi connectivity index (χ2v) is 7.59. The molecule has 146 valence electrons. The number of thioether (sulfide) groups is 1. The number of aromatic nitrogens is 2. The number of rotatable bonds is 7. The first kappa shape index (κ1) is 20.2. The molecule has 2 aromatic carbocycles. The second kappa shape index (κ2) is 9.12. The molecule has 0 saturated heterocycles. The minimum Gasteiger partial charge on any atom is -0.496 e. The molecule has 3 rings (SSSR count). The Morgan fingerprint density at radius 1 is 1.29 bits per heavy atom. The maximum absolute atomic E-state index is 13.1. The van der Waals surface area contributed by atoms with Gasteiger partial charge in [0, 0.05) is 36.0 Å². The van der Waals surface area contributed by atoms with E-state index in [1.54, 1.807) is 38.1 Å². The highest BCUT2D eigenvalue weighted by molar-refractivity contribution is 7.98. The maximum atomic E-state index is 13.1. The molecule has 28 heavy (non-hydrogen) atoms. The molecule has 0 aliphatic heterocycles. The van der Waals surface area contributed by atoms with Crippen molar-refractivity contribution in [1.29, 1.82) is 0 Å². The molecule has 0 aliphatic carbocycles. The van der Waals surface area contributed by atoms with Gasteiger partial charge in [0.15, 0.2) is 5.82 Å². The van der Waals surface area contributed by atoms with Crippen LogP contribution in [0.5, 0.6) is 5.75 Å². The van der Waals surface area contributed by atoms with Gasteiger partial charge >= 0.3 is 0 Å². The van der Waals surface area contributed by atoms with Crippen LogP contribution < -0.4 is 4.74 Å². The average molecular weight is 418 g/mol. The topological polar surface area (TPSA) is 68.5 Å². The van der Waals surface area contributed by atoms with Gasteiger partial charge in [0.2, 0.25) is 5.89 Å². The van der Waals surface area contributed by atoms with Gasteiger partial charge in [-0.15, -0.1) is 11.8 Å². The molecule has 0 aliphatic rings. The van der Waals surface area contributed by atoms with Gasteiger partial charge in [0.1, 0.15) is 5.75 Å². The molecule has 0 spiro atoms. The first-order chi connectivity index (χ1) is 13.5. The first-order valence-electron chi connectivity index (χ1n) is 8.57. The number of aryl methyl sites for hydroxylation is 1. The molecular formula is C20H20ClN3O3S. The maximum Gasteiger partial charge on any atom is 0.255 e. The molecule has 0 unspecified atom stereocenters. The SMILES string of the molecule is COc1ccc(Cl)cc1CN(C)C(=O)c1ccccc1SCc1noc(C)n1. The van der Waals surface area contributed by atoms with E-state index in [1.165, 1.54) is 11.8 Å². The Bertz CT molecular complexity index is 977. The van der Waals surface area contributed by atoms with Gasteiger partial charge in [-0.05, 0) is 30.3 Å². The number of carbonyl (C=O) groups is 1. The minimum atomic E-state index is -0.0885. The first-order valence-corrected chi connectivity index (χ1v) is 9.93. The molecular weight excluding hydrogens is 398 g/mol. The average Bonchev–Trinajstić information content (AvgIpc) is 3.11. The third-order valence-corrected chi connectivity index (χ3v) is 5.35. The van der Waals surface area contributed by atoms with Crippen molar-refractivity contribution in [2.45, 2.75) is 24.1 Å². The summed E-state index contributed by atoms with van der Waals surface area (Å²) >= 11 is 7.60. The molecule has 0 saturated carbocycles. The zero-order valence-corrected chi connectivity index (χ0v) is 17.4. The van der Waals surface area contributed by atoms with Crippen LogP contribution in [0.1, 0.15) is 27.6 Å². The highest BCUT2D eigenvalue weighted by Crippen LogP contribution is 2.28. The number of halogens is 1. The minimum absolute atomic E-state index is 0.0885. The van der Waals surface area contributed by atoms with Crippen LogP contribution in [-0.2, 0) is 12.3 Å². The molecule has 1 aromatic heterocycles. The van der Waals surface area contributed by atoms with Gasteiger partial charge in [0.25, 0.3) is 5.91 Å². The summed E-state index contributed by atoms with van der Waals surface area (Å²) in [5.41, 5.74) is 1.47. The number of methoxy groups -OCH3 is 1. The fraction of sp³-hybridized carbons (Fsp3) is 0.250. The molecule has 0 fully saturated rings. The molecule has 0 bridgehead atoms.